The zero-order valence-corrected chi connectivity index (χ0v) is 11.4. The molecule has 0 bridgehead atoms. The molecule has 6 nitrogen and oxygen atoms in total. The molecule has 0 aliphatic carbocycles. The Kier molecular flexibility index (Phi) is 2.95. The van der Waals surface area contributed by atoms with Crippen molar-refractivity contribution in [2.24, 2.45) is 0 Å². The molecule has 2 heterocycles. The summed E-state index contributed by atoms with van der Waals surface area (Å²) >= 11 is 0. The molecule has 0 aliphatic heterocycles. The maximum Gasteiger partial charge on any atom is 0.137 e. The van der Waals surface area contributed by atoms with Gasteiger partial charge < -0.3 is 4.57 Å². The van der Waals surface area contributed by atoms with Crippen LogP contribution in [0.1, 0.15) is 31.3 Å². The quantitative estimate of drug-likeness (QED) is 0.728. The molecular weight excluding hydrogens is 252 g/mol. The molecule has 0 saturated carbocycles. The van der Waals surface area contributed by atoms with Crippen LogP contribution in [0.15, 0.2) is 30.9 Å². The van der Waals surface area contributed by atoms with Gasteiger partial charge in [0.2, 0.25) is 0 Å². The lowest BCUT2D eigenvalue weighted by molar-refractivity contribution is 0.550. The topological polar surface area (TPSA) is 72.3 Å². The first-order valence-corrected chi connectivity index (χ1v) is 6.42. The van der Waals surface area contributed by atoms with Crippen LogP contribution in [0.2, 0.25) is 0 Å². The standard InChI is InChI=1S/C14H14N6/c1-10(2)20-13-4-3-11(6-15)5-12(13)18-14(20)7-19-9-16-8-17-19/h3-5,8-10H,7H2,1-2H3. The highest BCUT2D eigenvalue weighted by Crippen LogP contribution is 2.22. The molecule has 0 atom stereocenters. The van der Waals surface area contributed by atoms with Gasteiger partial charge in [0, 0.05) is 6.04 Å². The lowest BCUT2D eigenvalue weighted by atomic mass is 10.2. The zero-order valence-electron chi connectivity index (χ0n) is 11.4. The first-order chi connectivity index (χ1) is 9.69. The lowest BCUT2D eigenvalue weighted by Crippen LogP contribution is -2.10. The predicted molar refractivity (Wildman–Crippen MR) is 74.0 cm³/mol. The molecule has 20 heavy (non-hydrogen) atoms. The van der Waals surface area contributed by atoms with Gasteiger partial charge in [-0.1, -0.05) is 0 Å². The van der Waals surface area contributed by atoms with Crippen LogP contribution in [0.25, 0.3) is 11.0 Å². The highest BCUT2D eigenvalue weighted by Gasteiger charge is 2.14. The van der Waals surface area contributed by atoms with Crippen molar-refractivity contribution in [3.8, 4) is 6.07 Å². The van der Waals surface area contributed by atoms with Gasteiger partial charge in [0.25, 0.3) is 0 Å². The monoisotopic (exact) mass is 266 g/mol. The maximum atomic E-state index is 8.98. The van der Waals surface area contributed by atoms with Crippen molar-refractivity contribution in [2.45, 2.75) is 26.4 Å². The van der Waals surface area contributed by atoms with Crippen molar-refractivity contribution in [3.05, 3.63) is 42.2 Å². The molecule has 0 aliphatic rings. The third-order valence-electron chi connectivity index (χ3n) is 3.18. The number of nitriles is 1. The molecule has 0 radical (unpaired) electrons. The van der Waals surface area contributed by atoms with Crippen LogP contribution in [-0.4, -0.2) is 24.3 Å². The predicted octanol–water partition coefficient (Wildman–Crippen LogP) is 2.13. The van der Waals surface area contributed by atoms with Crippen LogP contribution >= 0.6 is 0 Å². The van der Waals surface area contributed by atoms with E-state index in [1.54, 1.807) is 11.0 Å². The second kappa shape index (κ2) is 4.78. The highest BCUT2D eigenvalue weighted by atomic mass is 15.3. The SMILES string of the molecule is CC(C)n1c(Cn2cncn2)nc2cc(C#N)ccc21. The molecule has 6 heteroatoms. The van der Waals surface area contributed by atoms with Gasteiger partial charge in [-0.15, -0.1) is 0 Å². The number of aromatic nitrogens is 5. The van der Waals surface area contributed by atoms with Crippen LogP contribution in [0.5, 0.6) is 0 Å². The Morgan fingerprint density at radius 3 is 2.85 bits per heavy atom. The van der Waals surface area contributed by atoms with Gasteiger partial charge in [-0.25, -0.2) is 14.6 Å². The number of fused-ring (bicyclic) bond motifs is 1. The minimum Gasteiger partial charge on any atom is -0.324 e. The third kappa shape index (κ3) is 2.03. The highest BCUT2D eigenvalue weighted by molar-refractivity contribution is 5.78. The molecule has 0 amide bonds. The Hall–Kier alpha value is -2.68. The van der Waals surface area contributed by atoms with Gasteiger partial charge in [0.1, 0.15) is 25.0 Å². The minimum atomic E-state index is 0.284. The summed E-state index contributed by atoms with van der Waals surface area (Å²) in [6.07, 6.45) is 3.18. The summed E-state index contributed by atoms with van der Waals surface area (Å²) in [4.78, 5) is 8.59. The molecule has 3 rings (SSSR count). The Balaban J connectivity index is 2.15. The summed E-state index contributed by atoms with van der Waals surface area (Å²) in [5.74, 6) is 0.913. The van der Waals surface area contributed by atoms with Crippen molar-refractivity contribution >= 4 is 11.0 Å². The smallest absolute Gasteiger partial charge is 0.137 e. The number of nitrogens with zero attached hydrogens (tertiary/aromatic N) is 6. The van der Waals surface area contributed by atoms with Gasteiger partial charge in [0.15, 0.2) is 0 Å². The van der Waals surface area contributed by atoms with E-state index >= 15 is 0 Å². The molecular formula is C14H14N6. The first-order valence-electron chi connectivity index (χ1n) is 6.42. The Morgan fingerprint density at radius 2 is 2.20 bits per heavy atom. The van der Waals surface area contributed by atoms with Crippen LogP contribution < -0.4 is 0 Å². The summed E-state index contributed by atoms with van der Waals surface area (Å²) in [5, 5.41) is 13.1. The van der Waals surface area contributed by atoms with Crippen molar-refractivity contribution in [3.63, 3.8) is 0 Å². The number of hydrogen-bond donors (Lipinski definition) is 0. The summed E-state index contributed by atoms with van der Waals surface area (Å²) in [7, 11) is 0. The van der Waals surface area contributed by atoms with Crippen LogP contribution in [0.3, 0.4) is 0 Å². The summed E-state index contributed by atoms with van der Waals surface area (Å²) in [6, 6.07) is 8.02. The average Bonchev–Trinajstić information content (AvgIpc) is 3.04. The largest absolute Gasteiger partial charge is 0.324 e. The Labute approximate surface area is 116 Å². The number of hydrogen-bond acceptors (Lipinski definition) is 4. The fourth-order valence-corrected chi connectivity index (χ4v) is 2.37. The van der Waals surface area contributed by atoms with Gasteiger partial charge in [-0.3, -0.25) is 0 Å². The van der Waals surface area contributed by atoms with Crippen LogP contribution in [0, 0.1) is 11.3 Å². The van der Waals surface area contributed by atoms with Gasteiger partial charge in [-0.2, -0.15) is 10.4 Å². The van der Waals surface area contributed by atoms with E-state index < -0.39 is 0 Å². The van der Waals surface area contributed by atoms with Crippen LogP contribution in [0.4, 0.5) is 0 Å². The van der Waals surface area contributed by atoms with E-state index in [2.05, 4.69) is 39.6 Å². The second-order valence-electron chi connectivity index (χ2n) is 4.90. The Morgan fingerprint density at radius 1 is 1.35 bits per heavy atom. The van der Waals surface area contributed by atoms with Crippen molar-refractivity contribution in [1.82, 2.24) is 24.3 Å². The second-order valence-corrected chi connectivity index (χ2v) is 4.90. The zero-order chi connectivity index (χ0) is 14.1. The fourth-order valence-electron chi connectivity index (χ4n) is 2.37. The molecule has 100 valence electrons. The van der Waals surface area contributed by atoms with E-state index in [1.165, 1.54) is 6.33 Å². The van der Waals surface area contributed by atoms with Crippen molar-refractivity contribution < 1.29 is 0 Å². The normalized spacial score (nSPS) is 11.1. The molecule has 0 N–H and O–H groups in total. The molecule has 0 saturated heterocycles. The van der Waals surface area contributed by atoms with Gasteiger partial charge in [0.05, 0.1) is 22.7 Å². The van der Waals surface area contributed by atoms with E-state index in [0.717, 1.165) is 16.9 Å². The number of imidazole rings is 1. The Bertz CT molecular complexity index is 776. The van der Waals surface area contributed by atoms with E-state index in [4.69, 9.17) is 5.26 Å². The number of rotatable bonds is 3. The first kappa shape index (κ1) is 12.4. The third-order valence-corrected chi connectivity index (χ3v) is 3.18. The van der Waals surface area contributed by atoms with E-state index in [-0.39, 0.29) is 6.04 Å². The molecule has 1 aromatic carbocycles. The van der Waals surface area contributed by atoms with Gasteiger partial charge >= 0.3 is 0 Å². The van der Waals surface area contributed by atoms with Crippen LogP contribution in [-0.2, 0) is 6.54 Å². The average molecular weight is 266 g/mol. The summed E-state index contributed by atoms with van der Waals surface area (Å²) in [5.41, 5.74) is 2.50. The number of benzene rings is 1. The van der Waals surface area contributed by atoms with Gasteiger partial charge in [-0.05, 0) is 32.0 Å². The molecule has 2 aromatic heterocycles. The van der Waals surface area contributed by atoms with Crippen molar-refractivity contribution in [1.29, 1.82) is 5.26 Å². The van der Waals surface area contributed by atoms with E-state index in [1.807, 2.05) is 18.2 Å². The molecule has 0 spiro atoms. The molecule has 3 aromatic rings. The summed E-state index contributed by atoms with van der Waals surface area (Å²) < 4.78 is 3.91. The lowest BCUT2D eigenvalue weighted by Gasteiger charge is -2.12. The molecule has 0 unspecified atom stereocenters. The van der Waals surface area contributed by atoms with E-state index in [0.29, 0.717) is 12.1 Å². The maximum absolute atomic E-state index is 8.98. The van der Waals surface area contributed by atoms with Crippen molar-refractivity contribution in [2.75, 3.05) is 0 Å². The minimum absolute atomic E-state index is 0.284. The fraction of sp³-hybridized carbons (Fsp3) is 0.286. The summed E-state index contributed by atoms with van der Waals surface area (Å²) in [6.45, 7) is 4.79. The molecule has 0 fully saturated rings. The van der Waals surface area contributed by atoms with E-state index in [9.17, 15) is 0 Å².